The molecule has 0 saturated heterocycles. The van der Waals surface area contributed by atoms with Crippen molar-refractivity contribution in [1.82, 2.24) is 9.13 Å². The minimum atomic E-state index is -4.94. The maximum Gasteiger partial charge on any atom is 0.420 e. The molecular weight excluding hydrogens is 918 g/mol. The number of hydrogen-bond acceptors (Lipinski definition) is 2. The van der Waals surface area contributed by atoms with Crippen LogP contribution in [-0.4, -0.2) is 9.13 Å². The summed E-state index contributed by atoms with van der Waals surface area (Å²) in [5.74, 6) is 0. The Labute approximate surface area is 426 Å². The number of halogens is 3. The lowest BCUT2D eigenvalue weighted by Crippen LogP contribution is -2.16. The first kappa shape index (κ1) is 45.7. The van der Waals surface area contributed by atoms with Gasteiger partial charge in [0.1, 0.15) is 5.56 Å². The van der Waals surface area contributed by atoms with Gasteiger partial charge in [-0.05, 0) is 138 Å². The van der Waals surface area contributed by atoms with Crippen molar-refractivity contribution >= 4 is 43.6 Å². The second-order valence-corrected chi connectivity index (χ2v) is 19.5. The topological polar surface area (TPSA) is 57.4 Å². The van der Waals surface area contributed by atoms with Crippen molar-refractivity contribution in [3.05, 3.63) is 239 Å². The summed E-state index contributed by atoms with van der Waals surface area (Å²) in [6.45, 7) is 8.09. The van der Waals surface area contributed by atoms with Gasteiger partial charge in [0.25, 0.3) is 0 Å². The number of hydrogen-bond donors (Lipinski definition) is 0. The summed E-state index contributed by atoms with van der Waals surface area (Å²) in [7, 11) is 0. The zero-order valence-corrected chi connectivity index (χ0v) is 41.0. The summed E-state index contributed by atoms with van der Waals surface area (Å²) >= 11 is 0. The second-order valence-electron chi connectivity index (χ2n) is 19.5. The van der Waals surface area contributed by atoms with Crippen LogP contribution in [0.15, 0.2) is 200 Å². The van der Waals surface area contributed by atoms with Crippen LogP contribution in [0.25, 0.3) is 111 Å². The minimum Gasteiger partial charge on any atom is -0.308 e. The lowest BCUT2D eigenvalue weighted by molar-refractivity contribution is -0.137. The summed E-state index contributed by atoms with van der Waals surface area (Å²) in [5, 5.41) is 23.7. The average molecular weight is 963 g/mol. The third-order valence-electron chi connectivity index (χ3n) is 14.5. The highest BCUT2D eigenvalue weighted by molar-refractivity contribution is 6.13. The summed E-state index contributed by atoms with van der Waals surface area (Å²) in [6.07, 6.45) is -4.94. The van der Waals surface area contributed by atoms with Crippen LogP contribution in [-0.2, 0) is 6.18 Å². The van der Waals surface area contributed by atoms with Crippen molar-refractivity contribution in [2.45, 2.75) is 33.9 Å². The molecule has 10 aromatic carbocycles. The van der Waals surface area contributed by atoms with Crippen molar-refractivity contribution in [3.8, 4) is 79.1 Å². The largest absolute Gasteiger partial charge is 0.420 e. The van der Waals surface area contributed by atoms with Crippen LogP contribution in [0.5, 0.6) is 0 Å². The maximum atomic E-state index is 17.3. The SMILES string of the molecule is Cc1ccc(-c2ccc3c4ccc(-c5ccc(C)cc5)cc4n(-c4cc(-c5cc(C#N)cc(C#N)c5)cc(-n5c6cc(-c7ccc(C)cc7)ccc6c6ccc(-c7ccc(C)cc7)cc65)c4C(F)(F)F)c3c2)cc1. The Hall–Kier alpha value is -9.43. The van der Waals surface area contributed by atoms with Gasteiger partial charge in [0.05, 0.1) is 56.7 Å². The van der Waals surface area contributed by atoms with Crippen LogP contribution in [0.2, 0.25) is 0 Å². The van der Waals surface area contributed by atoms with Crippen molar-refractivity contribution in [2.24, 2.45) is 0 Å². The molecule has 12 rings (SSSR count). The molecule has 12 aromatic rings. The fourth-order valence-electron chi connectivity index (χ4n) is 10.6. The molecule has 0 fully saturated rings. The summed E-state index contributed by atoms with van der Waals surface area (Å²) in [5.41, 5.74) is 14.0. The van der Waals surface area contributed by atoms with Gasteiger partial charge in [-0.15, -0.1) is 0 Å². The van der Waals surface area contributed by atoms with Crippen molar-refractivity contribution < 1.29 is 13.2 Å². The second kappa shape index (κ2) is 17.7. The number of benzene rings is 10. The molecule has 354 valence electrons. The summed E-state index contributed by atoms with van der Waals surface area (Å²) in [6, 6.07) is 69.0. The molecule has 0 unspecified atom stereocenters. The molecule has 0 aliphatic rings. The van der Waals surface area contributed by atoms with Crippen molar-refractivity contribution in [1.29, 1.82) is 10.5 Å². The molecule has 0 aliphatic heterocycles. The molecular formula is C67H45F3N4. The average Bonchev–Trinajstić information content (AvgIpc) is 3.92. The third-order valence-corrected chi connectivity index (χ3v) is 14.5. The highest BCUT2D eigenvalue weighted by atomic mass is 19.4. The van der Waals surface area contributed by atoms with E-state index < -0.39 is 11.7 Å². The van der Waals surface area contributed by atoms with Crippen LogP contribution in [0, 0.1) is 50.4 Å². The molecule has 0 saturated carbocycles. The number of nitrogens with zero attached hydrogens (tertiary/aromatic N) is 4. The molecule has 0 amide bonds. The van der Waals surface area contributed by atoms with E-state index >= 15 is 13.2 Å². The standard InChI is InChI=1S/C67H45F3N4/c1-40-5-13-46(14-6-40)50-21-25-56-57-26-22-51(47-15-7-41(2)8-16-47)33-61(57)73(60(56)32-50)64-36-55(54-30-44(38-71)29-45(31-54)39-72)37-65(66(64)67(68,69)70)74-62-34-52(48-17-9-42(3)10-18-48)23-27-58(62)59-28-24-53(35-63(59)74)49-19-11-43(4)12-20-49/h5-37H,1-4H3. The number of rotatable bonds is 7. The fourth-order valence-corrected chi connectivity index (χ4v) is 10.6. The van der Waals surface area contributed by atoms with Crippen molar-refractivity contribution in [3.63, 3.8) is 0 Å². The zero-order valence-electron chi connectivity index (χ0n) is 41.0. The first-order valence-corrected chi connectivity index (χ1v) is 24.5. The van der Waals surface area contributed by atoms with E-state index in [1.165, 1.54) is 6.07 Å². The van der Waals surface area contributed by atoms with Gasteiger partial charge in [-0.1, -0.05) is 168 Å². The van der Waals surface area contributed by atoms with E-state index in [-0.39, 0.29) is 22.5 Å². The molecule has 0 N–H and O–H groups in total. The Kier molecular flexibility index (Phi) is 10.9. The van der Waals surface area contributed by atoms with E-state index in [0.29, 0.717) is 33.2 Å². The minimum absolute atomic E-state index is 0.104. The van der Waals surface area contributed by atoms with E-state index in [0.717, 1.165) is 88.3 Å². The van der Waals surface area contributed by atoms with Gasteiger partial charge in [0.15, 0.2) is 0 Å². The van der Waals surface area contributed by atoms with Gasteiger partial charge >= 0.3 is 6.18 Å². The molecule has 2 heterocycles. The van der Waals surface area contributed by atoms with E-state index in [1.807, 2.05) is 198 Å². The Morgan fingerprint density at radius 1 is 0.311 bits per heavy atom. The molecule has 4 nitrogen and oxygen atoms in total. The van der Waals surface area contributed by atoms with Gasteiger partial charge in [0.2, 0.25) is 0 Å². The predicted octanol–water partition coefficient (Wildman–Crippen LogP) is 18.2. The molecule has 0 spiro atoms. The normalized spacial score (nSPS) is 11.7. The predicted molar refractivity (Wildman–Crippen MR) is 296 cm³/mol. The van der Waals surface area contributed by atoms with E-state index in [1.54, 1.807) is 33.4 Å². The Balaban J connectivity index is 1.27. The molecule has 74 heavy (non-hydrogen) atoms. The molecule has 0 radical (unpaired) electrons. The molecule has 0 bridgehead atoms. The highest BCUT2D eigenvalue weighted by Crippen LogP contribution is 2.48. The van der Waals surface area contributed by atoms with Gasteiger partial charge in [-0.25, -0.2) is 0 Å². The molecule has 7 heteroatoms. The first-order valence-electron chi connectivity index (χ1n) is 24.5. The Bertz CT molecular complexity index is 3840. The first-order chi connectivity index (χ1) is 35.8. The number of nitriles is 2. The smallest absolute Gasteiger partial charge is 0.308 e. The number of fused-ring (bicyclic) bond motifs is 6. The van der Waals surface area contributed by atoms with Crippen LogP contribution in [0.1, 0.15) is 38.9 Å². The highest BCUT2D eigenvalue weighted by Gasteiger charge is 2.40. The Morgan fingerprint density at radius 2 is 0.568 bits per heavy atom. The fraction of sp³-hybridized carbons (Fsp3) is 0.0746. The van der Waals surface area contributed by atoms with Gasteiger partial charge in [-0.2, -0.15) is 23.7 Å². The molecule has 2 aromatic heterocycles. The van der Waals surface area contributed by atoms with Gasteiger partial charge in [0, 0.05) is 21.5 Å². The summed E-state index contributed by atoms with van der Waals surface area (Å²) < 4.78 is 55.4. The molecule has 0 atom stereocenters. The van der Waals surface area contributed by atoms with E-state index in [4.69, 9.17) is 0 Å². The molecule has 0 aliphatic carbocycles. The number of alkyl halides is 3. The van der Waals surface area contributed by atoms with Crippen LogP contribution < -0.4 is 0 Å². The van der Waals surface area contributed by atoms with Crippen molar-refractivity contribution in [2.75, 3.05) is 0 Å². The third kappa shape index (κ3) is 7.96. The number of aromatic nitrogens is 2. The summed E-state index contributed by atoms with van der Waals surface area (Å²) in [4.78, 5) is 0. The van der Waals surface area contributed by atoms with Gasteiger partial charge < -0.3 is 9.13 Å². The van der Waals surface area contributed by atoms with Crippen LogP contribution in [0.4, 0.5) is 13.2 Å². The van der Waals surface area contributed by atoms with E-state index in [2.05, 4.69) is 12.1 Å². The van der Waals surface area contributed by atoms with E-state index in [9.17, 15) is 10.5 Å². The zero-order chi connectivity index (χ0) is 51.0. The number of aryl methyl sites for hydroxylation is 4. The lowest BCUT2D eigenvalue weighted by Gasteiger charge is -2.23. The van der Waals surface area contributed by atoms with Crippen LogP contribution in [0.3, 0.4) is 0 Å². The quantitative estimate of drug-likeness (QED) is 0.160. The Morgan fingerprint density at radius 3 is 0.824 bits per heavy atom. The maximum absolute atomic E-state index is 17.3. The monoisotopic (exact) mass is 962 g/mol. The van der Waals surface area contributed by atoms with Gasteiger partial charge in [-0.3, -0.25) is 0 Å². The lowest BCUT2D eigenvalue weighted by atomic mass is 9.96. The van der Waals surface area contributed by atoms with Crippen LogP contribution >= 0.6 is 0 Å².